The Kier molecular flexibility index (Phi) is 3.77. The molecule has 1 aromatic carbocycles. The summed E-state index contributed by atoms with van der Waals surface area (Å²) >= 11 is 1.76. The minimum absolute atomic E-state index is 0.0380. The van der Waals surface area contributed by atoms with Crippen LogP contribution in [0.25, 0.3) is 0 Å². The molecule has 0 aliphatic rings. The van der Waals surface area contributed by atoms with Gasteiger partial charge in [-0.25, -0.2) is 0 Å². The smallest absolute Gasteiger partial charge is 0.269 e. The van der Waals surface area contributed by atoms with Crippen LogP contribution < -0.4 is 9.06 Å². The number of hydrogen-bond acceptors (Lipinski definition) is 4. The molecule has 0 bridgehead atoms. The van der Waals surface area contributed by atoms with Gasteiger partial charge >= 0.3 is 0 Å². The van der Waals surface area contributed by atoms with E-state index >= 15 is 0 Å². The Morgan fingerprint density at radius 1 is 1.36 bits per heavy atom. The minimum Gasteiger partial charge on any atom is -0.278 e. The van der Waals surface area contributed by atoms with Crippen molar-refractivity contribution in [2.45, 2.75) is 0 Å². The van der Waals surface area contributed by atoms with Gasteiger partial charge in [-0.3, -0.25) is 20.3 Å². The second-order valence-electron chi connectivity index (χ2n) is 2.35. The summed E-state index contributed by atoms with van der Waals surface area (Å²) in [7, 11) is 0. The second-order valence-corrected chi connectivity index (χ2v) is 2.89. The lowest BCUT2D eigenvalue weighted by atomic mass is 10.2. The quantitative estimate of drug-likeness (QED) is 0.380. The molecular formula is C7H6IN3O3. The van der Waals surface area contributed by atoms with Gasteiger partial charge in [0, 0.05) is 40.6 Å². The first kappa shape index (κ1) is 10.9. The van der Waals surface area contributed by atoms with E-state index < -0.39 is 4.92 Å². The number of hydrazine groups is 1. The van der Waals surface area contributed by atoms with E-state index in [0.717, 1.165) is 0 Å². The number of non-ortho nitro benzene ring substituents is 1. The Morgan fingerprint density at radius 3 is 2.36 bits per heavy atom. The second kappa shape index (κ2) is 4.86. The molecule has 0 radical (unpaired) electrons. The topological polar surface area (TPSA) is 84.3 Å². The average molecular weight is 307 g/mol. The van der Waals surface area contributed by atoms with Crippen LogP contribution in [0, 0.1) is 10.1 Å². The molecule has 74 valence electrons. The molecule has 0 spiro atoms. The number of amides is 1. The van der Waals surface area contributed by atoms with Crippen molar-refractivity contribution >= 4 is 34.5 Å². The van der Waals surface area contributed by atoms with Gasteiger partial charge in [-0.1, -0.05) is 0 Å². The van der Waals surface area contributed by atoms with Crippen LogP contribution in [0.3, 0.4) is 0 Å². The number of nitrogens with zero attached hydrogens (tertiary/aromatic N) is 1. The van der Waals surface area contributed by atoms with Gasteiger partial charge in [0.15, 0.2) is 0 Å². The van der Waals surface area contributed by atoms with E-state index in [1.165, 1.54) is 24.3 Å². The predicted octanol–water partition coefficient (Wildman–Crippen LogP) is 1.18. The molecular weight excluding hydrogens is 301 g/mol. The van der Waals surface area contributed by atoms with Crippen molar-refractivity contribution in [3.63, 3.8) is 0 Å². The van der Waals surface area contributed by atoms with Gasteiger partial charge in [0.25, 0.3) is 11.6 Å². The predicted molar refractivity (Wildman–Crippen MR) is 57.7 cm³/mol. The van der Waals surface area contributed by atoms with Crippen LogP contribution in [-0.4, -0.2) is 10.8 Å². The standard InChI is InChI=1S/C7H6IN3O3/c8-10-9-7(12)5-1-3-6(4-2-5)11(13)14/h1-4,10H,(H,9,12). The fourth-order valence-electron chi connectivity index (χ4n) is 0.850. The third kappa shape index (κ3) is 2.64. The zero-order chi connectivity index (χ0) is 10.6. The third-order valence-corrected chi connectivity index (χ3v) is 1.77. The first-order valence-corrected chi connectivity index (χ1v) is 4.63. The largest absolute Gasteiger partial charge is 0.278 e. The monoisotopic (exact) mass is 307 g/mol. The molecule has 0 saturated heterocycles. The Bertz CT molecular complexity index is 352. The molecule has 14 heavy (non-hydrogen) atoms. The summed E-state index contributed by atoms with van der Waals surface area (Å²) in [5, 5.41) is 10.3. The summed E-state index contributed by atoms with van der Waals surface area (Å²) in [5.74, 6) is -0.339. The lowest BCUT2D eigenvalue weighted by Crippen LogP contribution is -2.29. The molecule has 0 aliphatic heterocycles. The van der Waals surface area contributed by atoms with E-state index in [9.17, 15) is 14.9 Å². The van der Waals surface area contributed by atoms with E-state index in [2.05, 4.69) is 9.06 Å². The van der Waals surface area contributed by atoms with Crippen LogP contribution in [-0.2, 0) is 0 Å². The highest BCUT2D eigenvalue weighted by Gasteiger charge is 2.08. The number of nitro benzene ring substituents is 1. The summed E-state index contributed by atoms with van der Waals surface area (Å²) in [6.45, 7) is 0. The molecule has 0 aromatic heterocycles. The molecule has 6 nitrogen and oxygen atoms in total. The van der Waals surface area contributed by atoms with Crippen molar-refractivity contribution in [1.82, 2.24) is 9.06 Å². The maximum atomic E-state index is 11.2. The maximum Gasteiger partial charge on any atom is 0.269 e. The van der Waals surface area contributed by atoms with Crippen LogP contribution in [0.4, 0.5) is 5.69 Å². The Morgan fingerprint density at radius 2 is 1.93 bits per heavy atom. The molecule has 1 rings (SSSR count). The SMILES string of the molecule is O=C(NNI)c1ccc([N+](=O)[O-])cc1. The molecule has 0 heterocycles. The molecule has 0 unspecified atom stereocenters. The molecule has 0 atom stereocenters. The van der Waals surface area contributed by atoms with E-state index in [-0.39, 0.29) is 11.6 Å². The Balaban J connectivity index is 2.83. The lowest BCUT2D eigenvalue weighted by Gasteiger charge is -2.00. The molecule has 0 fully saturated rings. The average Bonchev–Trinajstić information content (AvgIpc) is 2.18. The van der Waals surface area contributed by atoms with Crippen molar-refractivity contribution in [2.24, 2.45) is 0 Å². The summed E-state index contributed by atoms with van der Waals surface area (Å²) < 4.78 is 2.44. The van der Waals surface area contributed by atoms with Gasteiger partial charge in [-0.15, -0.1) is 0 Å². The van der Waals surface area contributed by atoms with Crippen molar-refractivity contribution in [3.05, 3.63) is 39.9 Å². The number of benzene rings is 1. The molecule has 0 saturated carbocycles. The molecule has 7 heteroatoms. The Hall–Kier alpha value is -1.22. The van der Waals surface area contributed by atoms with Gasteiger partial charge in [0.1, 0.15) is 0 Å². The zero-order valence-electron chi connectivity index (χ0n) is 6.86. The number of nitro groups is 1. The van der Waals surface area contributed by atoms with Crippen LogP contribution >= 0.6 is 22.9 Å². The normalized spacial score (nSPS) is 9.50. The summed E-state index contributed by atoms with van der Waals surface area (Å²) in [6, 6.07) is 5.34. The third-order valence-electron chi connectivity index (χ3n) is 1.50. The van der Waals surface area contributed by atoms with Gasteiger partial charge in [0.05, 0.1) is 4.92 Å². The fraction of sp³-hybridized carbons (Fsp3) is 0. The summed E-state index contributed by atoms with van der Waals surface area (Å²) in [4.78, 5) is 21.0. The maximum absolute atomic E-state index is 11.2. The lowest BCUT2D eigenvalue weighted by molar-refractivity contribution is -0.384. The highest BCUT2D eigenvalue weighted by molar-refractivity contribution is 14.1. The van der Waals surface area contributed by atoms with Crippen LogP contribution in [0.5, 0.6) is 0 Å². The van der Waals surface area contributed by atoms with Crippen LogP contribution in [0.2, 0.25) is 0 Å². The highest BCUT2D eigenvalue weighted by atomic mass is 127. The summed E-state index contributed by atoms with van der Waals surface area (Å²) in [5.41, 5.74) is 2.66. The number of nitrogens with one attached hydrogen (secondary N) is 2. The van der Waals surface area contributed by atoms with Crippen molar-refractivity contribution in [1.29, 1.82) is 0 Å². The van der Waals surface area contributed by atoms with Crippen LogP contribution in [0.15, 0.2) is 24.3 Å². The van der Waals surface area contributed by atoms with E-state index in [0.29, 0.717) is 5.56 Å². The van der Waals surface area contributed by atoms with E-state index in [4.69, 9.17) is 0 Å². The highest BCUT2D eigenvalue weighted by Crippen LogP contribution is 2.11. The first-order chi connectivity index (χ1) is 6.65. The van der Waals surface area contributed by atoms with Gasteiger partial charge in [0.2, 0.25) is 0 Å². The van der Waals surface area contributed by atoms with Crippen molar-refractivity contribution in [3.8, 4) is 0 Å². The zero-order valence-corrected chi connectivity index (χ0v) is 9.02. The van der Waals surface area contributed by atoms with Crippen molar-refractivity contribution < 1.29 is 9.72 Å². The summed E-state index contributed by atoms with van der Waals surface area (Å²) in [6.07, 6.45) is 0. The van der Waals surface area contributed by atoms with Gasteiger partial charge in [-0.05, 0) is 12.1 Å². The molecule has 0 aliphatic carbocycles. The molecule has 1 aromatic rings. The van der Waals surface area contributed by atoms with Crippen LogP contribution in [0.1, 0.15) is 10.4 Å². The minimum atomic E-state index is -0.516. The fourth-order valence-corrected chi connectivity index (χ4v) is 1.09. The van der Waals surface area contributed by atoms with E-state index in [1.807, 2.05) is 0 Å². The number of rotatable bonds is 3. The molecule has 2 N–H and O–H groups in total. The first-order valence-electron chi connectivity index (χ1n) is 3.55. The van der Waals surface area contributed by atoms with Crippen molar-refractivity contribution in [2.75, 3.05) is 0 Å². The number of carbonyl (C=O) groups excluding carboxylic acids is 1. The Labute approximate surface area is 93.3 Å². The number of halogens is 1. The number of hydrogen-bond donors (Lipinski definition) is 2. The van der Waals surface area contributed by atoms with Gasteiger partial charge in [-0.2, -0.15) is 3.64 Å². The van der Waals surface area contributed by atoms with E-state index in [1.54, 1.807) is 22.9 Å². The number of carbonyl (C=O) groups is 1. The molecule has 1 amide bonds. The van der Waals surface area contributed by atoms with Gasteiger partial charge < -0.3 is 0 Å².